The third-order valence-corrected chi connectivity index (χ3v) is 25.7. The fourth-order valence-electron chi connectivity index (χ4n) is 14.0. The van der Waals surface area contributed by atoms with Crippen LogP contribution in [0.5, 0.6) is 0 Å². The van der Waals surface area contributed by atoms with E-state index in [9.17, 15) is 9.46 Å². The standard InChI is InChI=1S/C73H143N9O17P4/c1-10-13-16-19-22-25-28-31-34-39-47-80-53-50-77(7)70(80)74-100(84,94-62-68-66(46-60-90-68)98-102(86,99-73(4,5)6)76-72-79(9)52-55-82(72)49-41-36-33-30-27-24-21-18-15-12-3)96-64-44-58-89-67(64)61-93-101(85,75-71-78(8)51-54-81(71)48-40-35-32-29-26-23-20-17-14-11-2)97-65-45-59-91-69(65)63-95-103(87,88)92-57-43-38-37-42-56-83/h64-69,83H,10-63H2,1-9H3,(H,87,88). The van der Waals surface area contributed by atoms with Crippen LogP contribution in [0.4, 0.5) is 0 Å². The van der Waals surface area contributed by atoms with Gasteiger partial charge in [0, 0.05) is 126 Å². The fraction of sp³-hybridized carbons (Fsp3) is 0.959. The maximum absolute atomic E-state index is 16.0. The molecule has 10 atom stereocenters. The molecule has 602 valence electrons. The molecule has 6 rings (SSSR count). The van der Waals surface area contributed by atoms with Crippen molar-refractivity contribution in [3.05, 3.63) is 0 Å². The summed E-state index contributed by atoms with van der Waals surface area (Å²) < 4.78 is 143. The Labute approximate surface area is 622 Å². The van der Waals surface area contributed by atoms with E-state index < -0.39 is 79.9 Å². The summed E-state index contributed by atoms with van der Waals surface area (Å²) in [5.41, 5.74) is -0.903. The number of aliphatic hydroxyl groups is 1. The van der Waals surface area contributed by atoms with Crippen molar-refractivity contribution >= 4 is 48.9 Å². The van der Waals surface area contributed by atoms with Crippen LogP contribution in [-0.4, -0.2) is 232 Å². The topological polar surface area (TPSA) is 267 Å². The Morgan fingerprint density at radius 1 is 0.398 bits per heavy atom. The zero-order chi connectivity index (χ0) is 74.2. The molecule has 26 nitrogen and oxygen atoms in total. The number of hydrogen-bond donors (Lipinski definition) is 2. The highest BCUT2D eigenvalue weighted by atomic mass is 31.2. The molecule has 0 saturated carbocycles. The smallest absolute Gasteiger partial charge is 0.396 e. The Hall–Kier alpha value is -1.79. The van der Waals surface area contributed by atoms with Gasteiger partial charge in [-0.15, -0.1) is 14.3 Å². The minimum absolute atomic E-state index is 0.0118. The molecule has 0 bridgehead atoms. The van der Waals surface area contributed by atoms with E-state index in [2.05, 4.69) is 35.5 Å². The molecular weight excluding hydrogens is 1400 g/mol. The van der Waals surface area contributed by atoms with Crippen LogP contribution in [0, 0.1) is 0 Å². The number of nitrogens with zero attached hydrogens (tertiary/aromatic N) is 9. The quantitative estimate of drug-likeness (QED) is 0.0423. The van der Waals surface area contributed by atoms with E-state index in [1.54, 1.807) is 0 Å². The van der Waals surface area contributed by atoms with Crippen molar-refractivity contribution in [1.29, 1.82) is 0 Å². The maximum atomic E-state index is 16.0. The van der Waals surface area contributed by atoms with Crippen LogP contribution >= 0.6 is 31.1 Å². The largest absolute Gasteiger partial charge is 0.472 e. The van der Waals surface area contributed by atoms with Crippen molar-refractivity contribution in [1.82, 2.24) is 29.4 Å². The fourth-order valence-corrected chi connectivity index (χ4v) is 19.8. The van der Waals surface area contributed by atoms with Gasteiger partial charge in [0.05, 0.1) is 50.3 Å². The molecule has 0 aromatic rings. The van der Waals surface area contributed by atoms with Crippen molar-refractivity contribution in [2.45, 2.75) is 321 Å². The Balaban J connectivity index is 1.21. The van der Waals surface area contributed by atoms with E-state index in [0.717, 1.165) is 70.9 Å². The molecular formula is C73H143N9O17P4. The summed E-state index contributed by atoms with van der Waals surface area (Å²) in [7, 11) is -12.1. The molecule has 0 spiro atoms. The summed E-state index contributed by atoms with van der Waals surface area (Å²) >= 11 is 0. The summed E-state index contributed by atoms with van der Waals surface area (Å²) in [4.78, 5) is 23.0. The van der Waals surface area contributed by atoms with E-state index in [1.807, 2.05) is 56.6 Å². The lowest BCUT2D eigenvalue weighted by Gasteiger charge is -2.30. The predicted octanol–water partition coefficient (Wildman–Crippen LogP) is 16.9. The van der Waals surface area contributed by atoms with E-state index >= 15 is 13.7 Å². The van der Waals surface area contributed by atoms with Gasteiger partial charge in [-0.1, -0.05) is 207 Å². The Morgan fingerprint density at radius 2 is 0.689 bits per heavy atom. The Kier molecular flexibility index (Phi) is 43.3. The number of phosphoric ester groups is 1. The average Bonchev–Trinajstić information content (AvgIpc) is 1.73. The van der Waals surface area contributed by atoms with Crippen LogP contribution in [-0.2, 0) is 68.7 Å². The second-order valence-corrected chi connectivity index (χ2v) is 36.6. The molecule has 6 saturated heterocycles. The third-order valence-electron chi connectivity index (χ3n) is 20.1. The molecule has 6 fully saturated rings. The third kappa shape index (κ3) is 35.0. The first-order valence-electron chi connectivity index (χ1n) is 40.7. The van der Waals surface area contributed by atoms with Gasteiger partial charge in [-0.3, -0.25) is 36.2 Å². The molecule has 2 N–H and O–H groups in total. The van der Waals surface area contributed by atoms with Crippen LogP contribution in [0.3, 0.4) is 0 Å². The van der Waals surface area contributed by atoms with Gasteiger partial charge >= 0.3 is 31.1 Å². The number of unbranched alkanes of at least 4 members (excludes halogenated alkanes) is 30. The van der Waals surface area contributed by atoms with Crippen LogP contribution in [0.1, 0.15) is 279 Å². The predicted molar refractivity (Wildman–Crippen MR) is 411 cm³/mol. The summed E-state index contributed by atoms with van der Waals surface area (Å²) in [5.74, 6) is 1.49. The van der Waals surface area contributed by atoms with Gasteiger partial charge in [0.15, 0.2) is 0 Å². The molecule has 0 aromatic carbocycles. The molecule has 0 aliphatic carbocycles. The Bertz CT molecular complexity index is 2620. The molecule has 6 aliphatic rings. The molecule has 0 amide bonds. The zero-order valence-electron chi connectivity index (χ0n) is 65.5. The number of likely N-dealkylation sites (N-methyl/N-ethyl adjacent to an activating group) is 3. The lowest BCUT2D eigenvalue weighted by atomic mass is 10.1. The lowest BCUT2D eigenvalue weighted by molar-refractivity contribution is -0.0144. The maximum Gasteiger partial charge on any atom is 0.472 e. The second kappa shape index (κ2) is 49.5. The van der Waals surface area contributed by atoms with Gasteiger partial charge in [-0.05, 0) is 52.9 Å². The minimum Gasteiger partial charge on any atom is -0.396 e. The molecule has 0 radical (unpaired) electrons. The highest BCUT2D eigenvalue weighted by Gasteiger charge is 2.47. The minimum atomic E-state index is -4.57. The highest BCUT2D eigenvalue weighted by Crippen LogP contribution is 2.59. The number of ether oxygens (including phenoxy) is 3. The molecule has 103 heavy (non-hydrogen) atoms. The molecule has 10 unspecified atom stereocenters. The van der Waals surface area contributed by atoms with Crippen LogP contribution in [0.2, 0.25) is 0 Å². The van der Waals surface area contributed by atoms with Gasteiger partial charge < -0.3 is 53.6 Å². The van der Waals surface area contributed by atoms with Crippen LogP contribution in [0.15, 0.2) is 14.3 Å². The van der Waals surface area contributed by atoms with Crippen LogP contribution in [0.25, 0.3) is 0 Å². The van der Waals surface area contributed by atoms with E-state index in [-0.39, 0.29) is 59.1 Å². The second-order valence-electron chi connectivity index (χ2n) is 30.4. The lowest BCUT2D eigenvalue weighted by Crippen LogP contribution is -2.34. The first kappa shape index (κ1) is 90.1. The SMILES string of the molecule is CCCCCCCCCCCCN1CCN(C)C1=NP(=O)(OCC1OCCC1OP(=O)(N=C1N(C)CCN1CCCCCCCCCCCC)OCC1OCCC1OP(=O)(N=C1N(C)CCN1CCCCCCCCCCCC)OC(C)(C)C)OC1CCOC1COP(=O)(O)OCCCCCCO. The first-order chi connectivity index (χ1) is 49.6. The molecule has 0 aromatic heterocycles. The van der Waals surface area contributed by atoms with E-state index in [0.29, 0.717) is 89.4 Å². The normalized spacial score (nSPS) is 24.9. The van der Waals surface area contributed by atoms with Crippen molar-refractivity contribution in [2.24, 2.45) is 14.3 Å². The number of rotatable bonds is 59. The summed E-state index contributed by atoms with van der Waals surface area (Å²) in [5, 5.41) is 9.15. The van der Waals surface area contributed by atoms with Gasteiger partial charge in [-0.25, -0.2) is 18.3 Å². The number of phosphoric acid groups is 1. The first-order valence-corrected chi connectivity index (χ1v) is 46.7. The van der Waals surface area contributed by atoms with E-state index in [1.165, 1.54) is 141 Å². The van der Waals surface area contributed by atoms with E-state index in [4.69, 9.17) is 69.8 Å². The monoisotopic (exact) mass is 1540 g/mol. The van der Waals surface area contributed by atoms with Crippen molar-refractivity contribution in [2.75, 3.05) is 133 Å². The Morgan fingerprint density at radius 3 is 1.02 bits per heavy atom. The van der Waals surface area contributed by atoms with Gasteiger partial charge in [-0.2, -0.15) is 0 Å². The van der Waals surface area contributed by atoms with Gasteiger partial charge in [0.1, 0.15) is 18.3 Å². The van der Waals surface area contributed by atoms with Crippen LogP contribution < -0.4 is 0 Å². The van der Waals surface area contributed by atoms with Crippen molar-refractivity contribution in [3.8, 4) is 0 Å². The summed E-state index contributed by atoms with van der Waals surface area (Å²) in [6.45, 7) is 18.0. The summed E-state index contributed by atoms with van der Waals surface area (Å²) in [6, 6.07) is 0. The van der Waals surface area contributed by atoms with Gasteiger partial charge in [0.25, 0.3) is 0 Å². The molecule has 6 aliphatic heterocycles. The summed E-state index contributed by atoms with van der Waals surface area (Å²) in [6.07, 6.45) is 34.1. The molecule has 30 heteroatoms. The molecule has 6 heterocycles. The number of hydrogen-bond acceptors (Lipinski definition) is 16. The average molecular weight is 1540 g/mol. The van der Waals surface area contributed by atoms with Crippen molar-refractivity contribution in [3.63, 3.8) is 0 Å². The zero-order valence-corrected chi connectivity index (χ0v) is 69.1. The number of aliphatic hydroxyl groups excluding tert-OH is 1. The highest BCUT2D eigenvalue weighted by molar-refractivity contribution is 7.53. The van der Waals surface area contributed by atoms with Gasteiger partial charge in [0.2, 0.25) is 17.9 Å². The van der Waals surface area contributed by atoms with Crippen molar-refractivity contribution < 1.29 is 78.7 Å². The number of guanidine groups is 3.